The molecule has 2 fully saturated rings. The molecule has 0 saturated carbocycles. The summed E-state index contributed by atoms with van der Waals surface area (Å²) in [7, 11) is 0. The Balaban J connectivity index is 0.000000924. The monoisotopic (exact) mass is 322 g/mol. The summed E-state index contributed by atoms with van der Waals surface area (Å²) in [5, 5.41) is 18.4. The van der Waals surface area contributed by atoms with Gasteiger partial charge in [-0.05, 0) is 24.3 Å². The second-order valence-electron chi connectivity index (χ2n) is 4.99. The van der Waals surface area contributed by atoms with Gasteiger partial charge < -0.3 is 24.4 Å². The maximum atomic E-state index is 12.0. The Labute approximate surface area is 133 Å². The summed E-state index contributed by atoms with van der Waals surface area (Å²) in [6.07, 6.45) is -2.19. The van der Waals surface area contributed by atoms with E-state index in [1.807, 2.05) is 0 Å². The first-order chi connectivity index (χ1) is 11.1. The van der Waals surface area contributed by atoms with E-state index >= 15 is 0 Å². The van der Waals surface area contributed by atoms with Crippen LogP contribution in [0.4, 0.5) is 0 Å². The molecular formula is C16H18O7. The Morgan fingerprint density at radius 2 is 1.61 bits per heavy atom. The van der Waals surface area contributed by atoms with Crippen LogP contribution in [0, 0.1) is 0 Å². The Morgan fingerprint density at radius 3 is 2.22 bits per heavy atom. The highest BCUT2D eigenvalue weighted by molar-refractivity contribution is 5.92. The molecule has 0 aromatic heterocycles. The number of benzene rings is 1. The highest BCUT2D eigenvalue weighted by atomic mass is 16.6. The molecule has 2 saturated heterocycles. The lowest BCUT2D eigenvalue weighted by Gasteiger charge is -2.16. The zero-order valence-corrected chi connectivity index (χ0v) is 12.4. The van der Waals surface area contributed by atoms with Crippen LogP contribution in [0.3, 0.4) is 0 Å². The first-order valence-corrected chi connectivity index (χ1v) is 7.02. The lowest BCUT2D eigenvalue weighted by Crippen LogP contribution is -2.34. The van der Waals surface area contributed by atoms with Gasteiger partial charge in [-0.25, -0.2) is 9.59 Å². The minimum Gasteiger partial charge on any atom is -0.478 e. The van der Waals surface area contributed by atoms with Crippen molar-refractivity contribution >= 4 is 11.9 Å². The van der Waals surface area contributed by atoms with Crippen molar-refractivity contribution in [1.82, 2.24) is 0 Å². The van der Waals surface area contributed by atoms with Crippen molar-refractivity contribution in [2.24, 2.45) is 0 Å². The van der Waals surface area contributed by atoms with E-state index < -0.39 is 36.4 Å². The molecule has 3 rings (SSSR count). The number of carbonyl (C=O) groups is 2. The molecule has 124 valence electrons. The summed E-state index contributed by atoms with van der Waals surface area (Å²) in [5.41, 5.74) is 0.347. The van der Waals surface area contributed by atoms with Crippen LogP contribution in [-0.4, -0.2) is 59.8 Å². The van der Waals surface area contributed by atoms with Gasteiger partial charge in [-0.1, -0.05) is 0 Å². The fourth-order valence-electron chi connectivity index (χ4n) is 2.50. The first kappa shape index (κ1) is 17.1. The average molecular weight is 322 g/mol. The van der Waals surface area contributed by atoms with Crippen LogP contribution in [0.1, 0.15) is 20.7 Å². The third kappa shape index (κ3) is 3.58. The molecule has 0 bridgehead atoms. The molecule has 1 aromatic rings. The van der Waals surface area contributed by atoms with E-state index in [1.54, 1.807) is 0 Å². The molecule has 23 heavy (non-hydrogen) atoms. The molecule has 0 radical (unpaired) electrons. The van der Waals surface area contributed by atoms with E-state index in [0.29, 0.717) is 0 Å². The van der Waals surface area contributed by atoms with Crippen LogP contribution in [0.5, 0.6) is 0 Å². The third-order valence-corrected chi connectivity index (χ3v) is 3.61. The van der Waals surface area contributed by atoms with Crippen LogP contribution in [0.15, 0.2) is 37.4 Å². The largest absolute Gasteiger partial charge is 0.478 e. The minimum atomic E-state index is -1.06. The van der Waals surface area contributed by atoms with Gasteiger partial charge in [0.25, 0.3) is 0 Å². The van der Waals surface area contributed by atoms with Crippen molar-refractivity contribution in [3.8, 4) is 0 Å². The van der Waals surface area contributed by atoms with Gasteiger partial charge in [-0.15, -0.1) is 13.2 Å². The van der Waals surface area contributed by atoms with Crippen molar-refractivity contribution in [2.45, 2.75) is 24.4 Å². The van der Waals surface area contributed by atoms with Gasteiger partial charge in [-0.3, -0.25) is 0 Å². The number of aliphatic hydroxyl groups excluding tert-OH is 1. The minimum absolute atomic E-state index is 0.0954. The fraction of sp³-hybridized carbons (Fsp3) is 0.375. The number of esters is 1. The van der Waals surface area contributed by atoms with E-state index in [1.165, 1.54) is 24.3 Å². The quantitative estimate of drug-likeness (QED) is 0.629. The van der Waals surface area contributed by atoms with Crippen molar-refractivity contribution in [1.29, 1.82) is 0 Å². The fourth-order valence-corrected chi connectivity index (χ4v) is 2.50. The van der Waals surface area contributed by atoms with E-state index in [9.17, 15) is 14.7 Å². The van der Waals surface area contributed by atoms with Crippen LogP contribution in [-0.2, 0) is 14.2 Å². The summed E-state index contributed by atoms with van der Waals surface area (Å²) >= 11 is 0. The number of ether oxygens (including phenoxy) is 3. The lowest BCUT2D eigenvalue weighted by atomic mass is 10.1. The second-order valence-corrected chi connectivity index (χ2v) is 4.99. The molecular weight excluding hydrogens is 304 g/mol. The molecule has 0 spiro atoms. The van der Waals surface area contributed by atoms with E-state index in [2.05, 4.69) is 13.2 Å². The van der Waals surface area contributed by atoms with Crippen LogP contribution < -0.4 is 0 Å². The van der Waals surface area contributed by atoms with Crippen LogP contribution in [0.2, 0.25) is 0 Å². The van der Waals surface area contributed by atoms with E-state index in [-0.39, 0.29) is 24.3 Å². The van der Waals surface area contributed by atoms with Gasteiger partial charge in [0.1, 0.15) is 18.3 Å². The molecule has 0 amide bonds. The number of hydrogen-bond donors (Lipinski definition) is 2. The zero-order chi connectivity index (χ0) is 17.0. The molecule has 0 aliphatic carbocycles. The summed E-state index contributed by atoms with van der Waals surface area (Å²) in [6, 6.07) is 5.46. The molecule has 2 aliphatic rings. The van der Waals surface area contributed by atoms with Gasteiger partial charge in [0, 0.05) is 0 Å². The number of carbonyl (C=O) groups excluding carboxylic acids is 1. The molecule has 7 nitrogen and oxygen atoms in total. The Kier molecular flexibility index (Phi) is 5.49. The highest BCUT2D eigenvalue weighted by Gasteiger charge is 2.48. The number of carboxylic acid groups (broad SMARTS) is 1. The van der Waals surface area contributed by atoms with Gasteiger partial charge in [0.2, 0.25) is 0 Å². The van der Waals surface area contributed by atoms with Gasteiger partial charge >= 0.3 is 11.9 Å². The zero-order valence-electron chi connectivity index (χ0n) is 12.4. The van der Waals surface area contributed by atoms with Crippen molar-refractivity contribution in [3.05, 3.63) is 48.6 Å². The van der Waals surface area contributed by atoms with Gasteiger partial charge in [0.05, 0.1) is 24.3 Å². The van der Waals surface area contributed by atoms with Crippen molar-refractivity contribution in [2.75, 3.05) is 13.2 Å². The smallest absolute Gasteiger partial charge is 0.338 e. The van der Waals surface area contributed by atoms with Crippen molar-refractivity contribution < 1.29 is 34.0 Å². The molecule has 1 aromatic carbocycles. The number of aliphatic hydroxyl groups is 1. The normalized spacial score (nSPS) is 28.4. The number of fused-ring (bicyclic) bond motifs is 1. The number of carboxylic acids is 1. The summed E-state index contributed by atoms with van der Waals surface area (Å²) < 4.78 is 16.0. The maximum Gasteiger partial charge on any atom is 0.338 e. The first-order valence-electron chi connectivity index (χ1n) is 7.02. The van der Waals surface area contributed by atoms with E-state index in [4.69, 9.17) is 19.3 Å². The third-order valence-electron chi connectivity index (χ3n) is 3.61. The Morgan fingerprint density at radius 1 is 1.04 bits per heavy atom. The Bertz CT molecular complexity index is 568. The highest BCUT2D eigenvalue weighted by Crippen LogP contribution is 2.29. The van der Waals surface area contributed by atoms with E-state index in [0.717, 1.165) is 0 Å². The molecule has 2 N–H and O–H groups in total. The SMILES string of the molecule is C=C.O=C(O)c1ccc(C(=O)O[C@@H]2CO[C@H]3[C@@H]2OC[C@@H]3O)cc1. The van der Waals surface area contributed by atoms with Crippen molar-refractivity contribution in [3.63, 3.8) is 0 Å². The predicted octanol–water partition coefficient (Wildman–Crippen LogP) is 0.871. The number of hydrogen-bond acceptors (Lipinski definition) is 6. The van der Waals surface area contributed by atoms with Gasteiger partial charge in [0.15, 0.2) is 6.10 Å². The predicted molar refractivity (Wildman–Crippen MR) is 79.3 cm³/mol. The number of rotatable bonds is 3. The topological polar surface area (TPSA) is 102 Å². The molecule has 7 heteroatoms. The summed E-state index contributed by atoms with van der Waals surface area (Å²) in [5.74, 6) is -1.64. The molecule has 4 atom stereocenters. The maximum absolute atomic E-state index is 12.0. The lowest BCUT2D eigenvalue weighted by molar-refractivity contribution is -0.0209. The average Bonchev–Trinajstić information content (AvgIpc) is 3.13. The summed E-state index contributed by atoms with van der Waals surface area (Å²) in [6.45, 7) is 6.34. The Hall–Kier alpha value is -2.22. The molecule has 0 unspecified atom stereocenters. The van der Waals surface area contributed by atoms with Gasteiger partial charge in [-0.2, -0.15) is 0 Å². The molecule has 2 heterocycles. The molecule has 2 aliphatic heterocycles. The number of aromatic carboxylic acids is 1. The second kappa shape index (κ2) is 7.36. The standard InChI is InChI=1S/C14H14O7.C2H4/c15-9-5-19-12-10(6-20-11(9)12)21-14(18)8-3-1-7(2-4-8)13(16)17;1-2/h1-4,9-12,15H,5-6H2,(H,16,17);1-2H2/t9-,10+,11+,12+;/m0./s1. The van der Waals surface area contributed by atoms with Crippen LogP contribution in [0.25, 0.3) is 0 Å². The summed E-state index contributed by atoms with van der Waals surface area (Å²) in [4.78, 5) is 22.8. The van der Waals surface area contributed by atoms with Crippen LogP contribution >= 0.6 is 0 Å².